The first-order valence-electron chi connectivity index (χ1n) is 6.73. The molecule has 2 nitrogen and oxygen atoms in total. The molecule has 2 rings (SSSR count). The van der Waals surface area contributed by atoms with E-state index in [0.29, 0.717) is 24.0 Å². The molecule has 1 N–H and O–H groups in total. The summed E-state index contributed by atoms with van der Waals surface area (Å²) in [6.07, 6.45) is 0.593. The zero-order valence-corrected chi connectivity index (χ0v) is 15.0. The van der Waals surface area contributed by atoms with Gasteiger partial charge in [0.2, 0.25) is 0 Å². The SMILES string of the molecule is CNC(c1cc(Br)ccc1Br)C1C(C)OC(C)C1C. The summed E-state index contributed by atoms with van der Waals surface area (Å²) in [6, 6.07) is 6.63. The van der Waals surface area contributed by atoms with Gasteiger partial charge in [-0.3, -0.25) is 0 Å². The third kappa shape index (κ3) is 3.07. The fourth-order valence-electron chi connectivity index (χ4n) is 3.18. The topological polar surface area (TPSA) is 21.3 Å². The largest absolute Gasteiger partial charge is 0.375 e. The van der Waals surface area contributed by atoms with Crippen molar-refractivity contribution in [3.05, 3.63) is 32.7 Å². The van der Waals surface area contributed by atoms with Crippen molar-refractivity contribution < 1.29 is 4.74 Å². The van der Waals surface area contributed by atoms with Gasteiger partial charge in [-0.2, -0.15) is 0 Å². The van der Waals surface area contributed by atoms with E-state index in [1.165, 1.54) is 5.56 Å². The minimum Gasteiger partial charge on any atom is -0.375 e. The first-order chi connectivity index (χ1) is 8.95. The third-order valence-corrected chi connectivity index (χ3v) is 5.52. The van der Waals surface area contributed by atoms with Gasteiger partial charge < -0.3 is 10.1 Å². The van der Waals surface area contributed by atoms with Crippen molar-refractivity contribution in [3.63, 3.8) is 0 Å². The number of rotatable bonds is 3. The normalized spacial score (nSPS) is 32.5. The lowest BCUT2D eigenvalue weighted by molar-refractivity contribution is 0.0478. The van der Waals surface area contributed by atoms with Crippen molar-refractivity contribution >= 4 is 31.9 Å². The van der Waals surface area contributed by atoms with Gasteiger partial charge >= 0.3 is 0 Å². The van der Waals surface area contributed by atoms with Crippen molar-refractivity contribution in [2.24, 2.45) is 11.8 Å². The highest BCUT2D eigenvalue weighted by Crippen LogP contribution is 2.42. The number of nitrogens with one attached hydrogen (secondary N) is 1. The molecule has 19 heavy (non-hydrogen) atoms. The van der Waals surface area contributed by atoms with Crippen LogP contribution in [0.2, 0.25) is 0 Å². The molecule has 5 atom stereocenters. The predicted molar refractivity (Wildman–Crippen MR) is 86.3 cm³/mol. The average Bonchev–Trinajstić information content (AvgIpc) is 2.61. The van der Waals surface area contributed by atoms with Gasteiger partial charge in [0.1, 0.15) is 0 Å². The number of benzene rings is 1. The van der Waals surface area contributed by atoms with E-state index in [4.69, 9.17) is 4.74 Å². The Kier molecular flexibility index (Phi) is 5.09. The Bertz CT molecular complexity index is 452. The molecule has 0 saturated carbocycles. The smallest absolute Gasteiger partial charge is 0.0600 e. The van der Waals surface area contributed by atoms with Crippen LogP contribution in [-0.2, 0) is 4.74 Å². The summed E-state index contributed by atoms with van der Waals surface area (Å²) in [5, 5.41) is 3.48. The van der Waals surface area contributed by atoms with Gasteiger partial charge in [0.25, 0.3) is 0 Å². The van der Waals surface area contributed by atoms with E-state index in [2.05, 4.69) is 76.1 Å². The van der Waals surface area contributed by atoms with Crippen molar-refractivity contribution in [1.82, 2.24) is 5.32 Å². The Morgan fingerprint density at radius 2 is 1.84 bits per heavy atom. The minimum atomic E-state index is 0.272. The van der Waals surface area contributed by atoms with Crippen LogP contribution in [0.25, 0.3) is 0 Å². The Hall–Kier alpha value is 0.1000. The monoisotopic (exact) mass is 389 g/mol. The van der Waals surface area contributed by atoms with Gasteiger partial charge in [-0.25, -0.2) is 0 Å². The van der Waals surface area contributed by atoms with E-state index in [1.807, 2.05) is 7.05 Å². The lowest BCUT2D eigenvalue weighted by Gasteiger charge is -2.30. The molecule has 0 aliphatic carbocycles. The number of halogens is 2. The quantitative estimate of drug-likeness (QED) is 0.818. The van der Waals surface area contributed by atoms with E-state index in [-0.39, 0.29) is 6.10 Å². The van der Waals surface area contributed by atoms with E-state index in [1.54, 1.807) is 0 Å². The molecule has 1 saturated heterocycles. The Balaban J connectivity index is 2.37. The van der Waals surface area contributed by atoms with Crippen LogP contribution in [0.1, 0.15) is 32.4 Å². The maximum absolute atomic E-state index is 5.99. The van der Waals surface area contributed by atoms with Crippen molar-refractivity contribution in [2.45, 2.75) is 39.0 Å². The molecule has 106 valence electrons. The highest BCUT2D eigenvalue weighted by Gasteiger charge is 2.42. The van der Waals surface area contributed by atoms with Crippen LogP contribution in [0, 0.1) is 11.8 Å². The molecule has 1 heterocycles. The second kappa shape index (κ2) is 6.25. The predicted octanol–water partition coefficient (Wildman–Crippen LogP) is 4.53. The zero-order chi connectivity index (χ0) is 14.2. The standard InChI is InChI=1S/C15H21Br2NO/c1-8-9(2)19-10(3)14(8)15(18-4)12-7-11(16)5-6-13(12)17/h5-10,14-15,18H,1-4H3. The lowest BCUT2D eigenvalue weighted by Crippen LogP contribution is -2.33. The molecule has 1 aliphatic rings. The first kappa shape index (κ1) is 15.5. The molecule has 4 heteroatoms. The molecule has 5 unspecified atom stereocenters. The van der Waals surface area contributed by atoms with Crippen LogP contribution in [0.3, 0.4) is 0 Å². The van der Waals surface area contributed by atoms with Crippen LogP contribution in [-0.4, -0.2) is 19.3 Å². The number of hydrogen-bond donors (Lipinski definition) is 1. The molecule has 0 radical (unpaired) electrons. The van der Waals surface area contributed by atoms with Crippen LogP contribution in [0.5, 0.6) is 0 Å². The second-order valence-corrected chi connectivity index (χ2v) is 7.18. The summed E-state index contributed by atoms with van der Waals surface area (Å²) in [4.78, 5) is 0. The van der Waals surface area contributed by atoms with Crippen LogP contribution >= 0.6 is 31.9 Å². The van der Waals surface area contributed by atoms with E-state index in [9.17, 15) is 0 Å². The minimum absolute atomic E-state index is 0.272. The molecule has 0 bridgehead atoms. The summed E-state index contributed by atoms with van der Waals surface area (Å²) in [5.74, 6) is 1.02. The fourth-order valence-corrected chi connectivity index (χ4v) is 4.05. The highest BCUT2D eigenvalue weighted by molar-refractivity contribution is 9.11. The molecule has 1 aromatic rings. The van der Waals surface area contributed by atoms with Gasteiger partial charge in [-0.15, -0.1) is 0 Å². The molecule has 1 aliphatic heterocycles. The molecule has 1 aromatic carbocycles. The zero-order valence-electron chi connectivity index (χ0n) is 11.8. The maximum atomic E-state index is 5.99. The Morgan fingerprint density at radius 3 is 2.37 bits per heavy atom. The maximum Gasteiger partial charge on any atom is 0.0600 e. The summed E-state index contributed by atoms with van der Waals surface area (Å²) < 4.78 is 8.25. The molecule has 0 aromatic heterocycles. The Morgan fingerprint density at radius 1 is 1.16 bits per heavy atom. The highest BCUT2D eigenvalue weighted by atomic mass is 79.9. The summed E-state index contributed by atoms with van der Waals surface area (Å²) >= 11 is 7.24. The van der Waals surface area contributed by atoms with E-state index >= 15 is 0 Å². The van der Waals surface area contributed by atoms with Gasteiger partial charge in [0, 0.05) is 20.9 Å². The summed E-state index contributed by atoms with van der Waals surface area (Å²) in [6.45, 7) is 6.64. The van der Waals surface area contributed by atoms with Crippen molar-refractivity contribution in [1.29, 1.82) is 0 Å². The van der Waals surface area contributed by atoms with Crippen LogP contribution in [0.4, 0.5) is 0 Å². The molecule has 1 fully saturated rings. The van der Waals surface area contributed by atoms with E-state index in [0.717, 1.165) is 8.95 Å². The van der Waals surface area contributed by atoms with Crippen LogP contribution in [0.15, 0.2) is 27.1 Å². The van der Waals surface area contributed by atoms with E-state index < -0.39 is 0 Å². The van der Waals surface area contributed by atoms with Crippen molar-refractivity contribution in [2.75, 3.05) is 7.05 Å². The molecule has 0 amide bonds. The fraction of sp³-hybridized carbons (Fsp3) is 0.600. The average molecular weight is 391 g/mol. The molecular formula is C15H21Br2NO. The summed E-state index contributed by atoms with van der Waals surface area (Å²) in [5.41, 5.74) is 1.29. The third-order valence-electron chi connectivity index (χ3n) is 4.31. The van der Waals surface area contributed by atoms with Gasteiger partial charge in [-0.1, -0.05) is 38.8 Å². The van der Waals surface area contributed by atoms with Gasteiger partial charge in [-0.05, 0) is 50.6 Å². The number of ether oxygens (including phenoxy) is 1. The van der Waals surface area contributed by atoms with Crippen LogP contribution < -0.4 is 5.32 Å². The first-order valence-corrected chi connectivity index (χ1v) is 8.32. The van der Waals surface area contributed by atoms with Gasteiger partial charge in [0.15, 0.2) is 0 Å². The Labute approximate surface area is 132 Å². The lowest BCUT2D eigenvalue weighted by atomic mass is 9.80. The van der Waals surface area contributed by atoms with Gasteiger partial charge in [0.05, 0.1) is 12.2 Å². The second-order valence-electron chi connectivity index (χ2n) is 5.41. The molecule has 0 spiro atoms. The van der Waals surface area contributed by atoms with Crippen molar-refractivity contribution in [3.8, 4) is 0 Å². The summed E-state index contributed by atoms with van der Waals surface area (Å²) in [7, 11) is 2.03. The molecular weight excluding hydrogens is 370 g/mol. The number of hydrogen-bond acceptors (Lipinski definition) is 2.